The van der Waals surface area contributed by atoms with E-state index in [1.165, 1.54) is 18.9 Å². The van der Waals surface area contributed by atoms with Crippen LogP contribution in [0.5, 0.6) is 11.6 Å². The van der Waals surface area contributed by atoms with Gasteiger partial charge in [-0.15, -0.1) is 15.0 Å². The van der Waals surface area contributed by atoms with Crippen molar-refractivity contribution in [2.75, 3.05) is 0 Å². The number of nitrogens with zero attached hydrogens (tertiary/aromatic N) is 6. The van der Waals surface area contributed by atoms with Crippen LogP contribution in [0, 0.1) is 6.92 Å². The summed E-state index contributed by atoms with van der Waals surface area (Å²) < 4.78 is 1.80. The number of rotatable bonds is 3. The quantitative estimate of drug-likeness (QED) is 0.494. The molecule has 0 saturated heterocycles. The molecule has 2 N–H and O–H groups in total. The summed E-state index contributed by atoms with van der Waals surface area (Å²) >= 11 is 0. The molecule has 0 aliphatic rings. The van der Waals surface area contributed by atoms with Crippen molar-refractivity contribution in [1.82, 2.24) is 24.1 Å². The summed E-state index contributed by atoms with van der Waals surface area (Å²) in [6.45, 7) is 1.81. The Morgan fingerprint density at radius 1 is 1.00 bits per heavy atom. The van der Waals surface area contributed by atoms with Crippen LogP contribution in [0.4, 0.5) is 5.69 Å². The average Bonchev–Trinajstić information content (AvgIpc) is 3.17. The zero-order valence-electron chi connectivity index (χ0n) is 16.4. The molecule has 4 rings (SSSR count). The Morgan fingerprint density at radius 3 is 2.27 bits per heavy atom. The second kappa shape index (κ2) is 6.99. The standard InChI is InChI=1S/C20H18N6O4/c1-11-8-15(21-10-12-18(28)24(2)20(30)25(3)19(12)29)17(27)16(9-11)26-22-13-6-4-5-7-14(13)23-26/h4-10,27-28H,1-3H3. The third kappa shape index (κ3) is 3.04. The fourth-order valence-electron chi connectivity index (χ4n) is 3.07. The van der Waals surface area contributed by atoms with Gasteiger partial charge in [-0.3, -0.25) is 18.9 Å². The summed E-state index contributed by atoms with van der Waals surface area (Å²) in [7, 11) is 2.64. The SMILES string of the molecule is Cc1cc(N=Cc2c(O)n(C)c(=O)n(C)c2=O)c(O)c(-n2nc3ccccc3n2)c1. The summed E-state index contributed by atoms with van der Waals surface area (Å²) in [5.74, 6) is -0.711. The molecule has 0 aliphatic carbocycles. The van der Waals surface area contributed by atoms with E-state index in [0.717, 1.165) is 20.9 Å². The third-order valence-corrected chi connectivity index (χ3v) is 4.72. The van der Waals surface area contributed by atoms with Gasteiger partial charge < -0.3 is 10.2 Å². The van der Waals surface area contributed by atoms with Crippen molar-refractivity contribution in [3.63, 3.8) is 0 Å². The van der Waals surface area contributed by atoms with E-state index in [1.54, 1.807) is 12.1 Å². The molecule has 0 fully saturated rings. The van der Waals surface area contributed by atoms with E-state index in [2.05, 4.69) is 15.2 Å². The summed E-state index contributed by atoms with van der Waals surface area (Å²) in [6.07, 6.45) is 1.11. The minimum Gasteiger partial charge on any atom is -0.504 e. The molecule has 0 spiro atoms. The van der Waals surface area contributed by atoms with Crippen LogP contribution in [0.25, 0.3) is 16.7 Å². The highest BCUT2D eigenvalue weighted by atomic mass is 16.3. The van der Waals surface area contributed by atoms with Crippen LogP contribution < -0.4 is 11.2 Å². The molecule has 0 bridgehead atoms. The molecule has 2 aromatic heterocycles. The Labute approximate surface area is 169 Å². The van der Waals surface area contributed by atoms with Gasteiger partial charge >= 0.3 is 5.69 Å². The monoisotopic (exact) mass is 406 g/mol. The predicted molar refractivity (Wildman–Crippen MR) is 111 cm³/mol. The first-order chi connectivity index (χ1) is 14.3. The molecule has 0 amide bonds. The molecule has 0 atom stereocenters. The molecule has 0 aliphatic heterocycles. The summed E-state index contributed by atoms with van der Waals surface area (Å²) in [6, 6.07) is 10.6. The molecule has 10 heteroatoms. The molecule has 0 radical (unpaired) electrons. The molecule has 30 heavy (non-hydrogen) atoms. The second-order valence-electron chi connectivity index (χ2n) is 6.83. The zero-order valence-corrected chi connectivity index (χ0v) is 16.4. The number of fused-ring (bicyclic) bond motifs is 1. The van der Waals surface area contributed by atoms with Crippen LogP contribution >= 0.6 is 0 Å². The predicted octanol–water partition coefficient (Wildman–Crippen LogP) is 1.29. The molecule has 10 nitrogen and oxygen atoms in total. The first-order valence-electron chi connectivity index (χ1n) is 8.97. The number of benzene rings is 2. The Hall–Kier alpha value is -4.21. The number of aliphatic imine (C=N–C) groups is 1. The molecule has 2 aromatic carbocycles. The zero-order chi connectivity index (χ0) is 21.6. The molecule has 2 heterocycles. The van der Waals surface area contributed by atoms with Gasteiger partial charge in [0.1, 0.15) is 28.0 Å². The van der Waals surface area contributed by atoms with Crippen LogP contribution in [0.3, 0.4) is 0 Å². The molecular formula is C20H18N6O4. The smallest absolute Gasteiger partial charge is 0.333 e. The second-order valence-corrected chi connectivity index (χ2v) is 6.83. The van der Waals surface area contributed by atoms with Crippen molar-refractivity contribution in [3.05, 3.63) is 68.4 Å². The topological polar surface area (TPSA) is 128 Å². The lowest BCUT2D eigenvalue weighted by molar-refractivity contribution is 0.410. The van der Waals surface area contributed by atoms with Crippen molar-refractivity contribution < 1.29 is 10.2 Å². The minimum absolute atomic E-state index is 0.154. The number of aromatic nitrogens is 5. The summed E-state index contributed by atoms with van der Waals surface area (Å²) in [5.41, 5.74) is 1.04. The third-order valence-electron chi connectivity index (χ3n) is 4.72. The van der Waals surface area contributed by atoms with Crippen molar-refractivity contribution in [3.8, 4) is 17.3 Å². The van der Waals surface area contributed by atoms with E-state index in [0.29, 0.717) is 16.7 Å². The first-order valence-corrected chi connectivity index (χ1v) is 8.97. The Morgan fingerprint density at radius 2 is 1.63 bits per heavy atom. The lowest BCUT2D eigenvalue weighted by Gasteiger charge is -2.09. The minimum atomic E-state index is -0.702. The van der Waals surface area contributed by atoms with Gasteiger partial charge in [-0.2, -0.15) is 0 Å². The molecular weight excluding hydrogens is 388 g/mol. The van der Waals surface area contributed by atoms with Gasteiger partial charge in [0.05, 0.1) is 0 Å². The van der Waals surface area contributed by atoms with Crippen molar-refractivity contribution in [1.29, 1.82) is 0 Å². The lowest BCUT2D eigenvalue weighted by atomic mass is 10.1. The maximum absolute atomic E-state index is 12.3. The van der Waals surface area contributed by atoms with E-state index in [1.807, 2.05) is 31.2 Å². The number of aromatic hydroxyl groups is 2. The van der Waals surface area contributed by atoms with Crippen LogP contribution in [0.1, 0.15) is 11.1 Å². The Bertz CT molecular complexity index is 1410. The van der Waals surface area contributed by atoms with E-state index in [9.17, 15) is 19.8 Å². The highest BCUT2D eigenvalue weighted by Gasteiger charge is 2.15. The maximum Gasteiger partial charge on any atom is 0.333 e. The van der Waals surface area contributed by atoms with Gasteiger partial charge in [0.2, 0.25) is 5.88 Å². The van der Waals surface area contributed by atoms with Crippen molar-refractivity contribution in [2.45, 2.75) is 6.92 Å². The summed E-state index contributed by atoms with van der Waals surface area (Å²) in [4.78, 5) is 29.7. The molecule has 152 valence electrons. The first kappa shape index (κ1) is 19.1. The molecule has 0 unspecified atom stereocenters. The van der Waals surface area contributed by atoms with Crippen LogP contribution in [0.2, 0.25) is 0 Å². The largest absolute Gasteiger partial charge is 0.504 e. The van der Waals surface area contributed by atoms with Gasteiger partial charge in [0, 0.05) is 20.3 Å². The number of hydrogen-bond donors (Lipinski definition) is 2. The summed E-state index contributed by atoms with van der Waals surface area (Å²) in [5, 5.41) is 29.7. The van der Waals surface area contributed by atoms with Gasteiger partial charge in [-0.05, 0) is 36.8 Å². The Kier molecular flexibility index (Phi) is 4.46. The lowest BCUT2D eigenvalue weighted by Crippen LogP contribution is -2.38. The van der Waals surface area contributed by atoms with Gasteiger partial charge in [-0.25, -0.2) is 4.79 Å². The highest BCUT2D eigenvalue weighted by molar-refractivity contribution is 5.85. The average molecular weight is 406 g/mol. The van der Waals surface area contributed by atoms with E-state index >= 15 is 0 Å². The maximum atomic E-state index is 12.3. The number of hydrogen-bond acceptors (Lipinski definition) is 7. The van der Waals surface area contributed by atoms with E-state index in [4.69, 9.17) is 0 Å². The van der Waals surface area contributed by atoms with Crippen LogP contribution in [0.15, 0.2) is 51.0 Å². The van der Waals surface area contributed by atoms with Crippen molar-refractivity contribution in [2.24, 2.45) is 19.1 Å². The van der Waals surface area contributed by atoms with E-state index < -0.39 is 17.1 Å². The van der Waals surface area contributed by atoms with E-state index in [-0.39, 0.29) is 17.0 Å². The van der Waals surface area contributed by atoms with Crippen LogP contribution in [-0.4, -0.2) is 40.6 Å². The normalized spacial score (nSPS) is 11.6. The Balaban J connectivity index is 1.84. The van der Waals surface area contributed by atoms with Gasteiger partial charge in [0.25, 0.3) is 5.56 Å². The highest BCUT2D eigenvalue weighted by Crippen LogP contribution is 2.34. The molecule has 0 saturated carbocycles. The van der Waals surface area contributed by atoms with Gasteiger partial charge in [0.15, 0.2) is 5.75 Å². The fourth-order valence-corrected chi connectivity index (χ4v) is 3.07. The molecule has 4 aromatic rings. The van der Waals surface area contributed by atoms with Crippen molar-refractivity contribution >= 4 is 22.9 Å². The number of aryl methyl sites for hydroxylation is 1. The fraction of sp³-hybridized carbons (Fsp3) is 0.150. The van der Waals surface area contributed by atoms with Crippen LogP contribution in [-0.2, 0) is 14.1 Å². The number of phenols is 1. The van der Waals surface area contributed by atoms with Gasteiger partial charge in [-0.1, -0.05) is 12.1 Å². The number of phenolic OH excluding ortho intramolecular Hbond substituents is 1.